The van der Waals surface area contributed by atoms with Crippen LogP contribution in [0.25, 0.3) is 10.8 Å². The summed E-state index contributed by atoms with van der Waals surface area (Å²) in [7, 11) is 0. The summed E-state index contributed by atoms with van der Waals surface area (Å²) < 4.78 is 0. The topological polar surface area (TPSA) is 64.7 Å². The summed E-state index contributed by atoms with van der Waals surface area (Å²) in [6.45, 7) is 9.39. The number of nitrogens with zero attached hydrogens (tertiary/aromatic N) is 2. The van der Waals surface area contributed by atoms with Crippen LogP contribution in [0.1, 0.15) is 18.1 Å². The molecular weight excluding hydrogens is 412 g/mol. The summed E-state index contributed by atoms with van der Waals surface area (Å²) in [5.74, 6) is -0.00799. The SMILES string of the molecule is Cc1cccc(NC(=O)CN2CCN(C(C)C(=O)Nc3cccc4ccccc34)CC2)c1C. The number of carbonyl (C=O) groups excluding carboxylic acids is 2. The van der Waals surface area contributed by atoms with Crippen LogP contribution < -0.4 is 10.6 Å². The number of rotatable bonds is 6. The summed E-state index contributed by atoms with van der Waals surface area (Å²) in [6.07, 6.45) is 0. The Morgan fingerprint density at radius 2 is 1.52 bits per heavy atom. The van der Waals surface area contributed by atoms with Gasteiger partial charge in [0.15, 0.2) is 0 Å². The van der Waals surface area contributed by atoms with Crippen molar-refractivity contribution in [3.63, 3.8) is 0 Å². The van der Waals surface area contributed by atoms with Gasteiger partial charge in [-0.25, -0.2) is 0 Å². The van der Waals surface area contributed by atoms with E-state index in [1.165, 1.54) is 0 Å². The molecule has 1 atom stereocenters. The predicted molar refractivity (Wildman–Crippen MR) is 135 cm³/mol. The van der Waals surface area contributed by atoms with Crippen LogP contribution in [-0.4, -0.2) is 60.4 Å². The Labute approximate surface area is 195 Å². The minimum Gasteiger partial charge on any atom is -0.325 e. The lowest BCUT2D eigenvalue weighted by molar-refractivity contribution is -0.122. The molecule has 0 spiro atoms. The van der Waals surface area contributed by atoms with E-state index in [2.05, 4.69) is 20.4 Å². The fourth-order valence-electron chi connectivity index (χ4n) is 4.33. The molecule has 172 valence electrons. The number of hydrogen-bond donors (Lipinski definition) is 2. The second-order valence-corrected chi connectivity index (χ2v) is 8.80. The molecule has 1 unspecified atom stereocenters. The Morgan fingerprint density at radius 1 is 0.848 bits per heavy atom. The lowest BCUT2D eigenvalue weighted by Crippen LogP contribution is -2.53. The monoisotopic (exact) mass is 444 g/mol. The minimum atomic E-state index is -0.241. The number of nitrogens with one attached hydrogen (secondary N) is 2. The van der Waals surface area contributed by atoms with Crippen LogP contribution in [0.5, 0.6) is 0 Å². The molecule has 1 heterocycles. The maximum Gasteiger partial charge on any atom is 0.241 e. The number of hydrogen-bond acceptors (Lipinski definition) is 4. The minimum absolute atomic E-state index is 0.00102. The molecule has 1 saturated heterocycles. The molecule has 6 nitrogen and oxygen atoms in total. The molecule has 1 aliphatic rings. The van der Waals surface area contributed by atoms with Crippen LogP contribution in [0, 0.1) is 13.8 Å². The third-order valence-corrected chi connectivity index (χ3v) is 6.63. The van der Waals surface area contributed by atoms with Crippen molar-refractivity contribution in [1.82, 2.24) is 9.80 Å². The van der Waals surface area contributed by atoms with E-state index in [1.54, 1.807) is 0 Å². The van der Waals surface area contributed by atoms with Gasteiger partial charge in [0, 0.05) is 42.9 Å². The highest BCUT2D eigenvalue weighted by molar-refractivity contribution is 6.03. The van der Waals surface area contributed by atoms with Gasteiger partial charge in [-0.15, -0.1) is 0 Å². The van der Waals surface area contributed by atoms with Crippen LogP contribution in [0.2, 0.25) is 0 Å². The molecule has 2 amide bonds. The van der Waals surface area contributed by atoms with E-state index in [9.17, 15) is 9.59 Å². The molecule has 4 rings (SSSR count). The fraction of sp³-hybridized carbons (Fsp3) is 0.333. The fourth-order valence-corrected chi connectivity index (χ4v) is 4.33. The summed E-state index contributed by atoms with van der Waals surface area (Å²) in [5.41, 5.74) is 3.97. The molecule has 3 aromatic carbocycles. The van der Waals surface area contributed by atoms with Crippen LogP contribution in [-0.2, 0) is 9.59 Å². The molecule has 1 aliphatic heterocycles. The largest absolute Gasteiger partial charge is 0.325 e. The van der Waals surface area contributed by atoms with Crippen LogP contribution in [0.4, 0.5) is 11.4 Å². The number of piperazine rings is 1. The Bertz CT molecular complexity index is 1150. The molecule has 3 aromatic rings. The maximum atomic E-state index is 12.9. The first-order valence-corrected chi connectivity index (χ1v) is 11.5. The highest BCUT2D eigenvalue weighted by Crippen LogP contribution is 2.23. The van der Waals surface area contributed by atoms with Crippen LogP contribution >= 0.6 is 0 Å². The summed E-state index contributed by atoms with van der Waals surface area (Å²) >= 11 is 0. The first kappa shape index (κ1) is 23.0. The Morgan fingerprint density at radius 3 is 2.30 bits per heavy atom. The van der Waals surface area contributed by atoms with Crippen LogP contribution in [0.15, 0.2) is 60.7 Å². The average molecular weight is 445 g/mol. The van der Waals surface area contributed by atoms with Crippen molar-refractivity contribution in [1.29, 1.82) is 0 Å². The lowest BCUT2D eigenvalue weighted by atomic mass is 10.1. The van der Waals surface area contributed by atoms with E-state index in [1.807, 2.05) is 81.4 Å². The lowest BCUT2D eigenvalue weighted by Gasteiger charge is -2.37. The number of carbonyl (C=O) groups is 2. The highest BCUT2D eigenvalue weighted by Gasteiger charge is 2.26. The Hall–Kier alpha value is -3.22. The molecule has 0 aliphatic carbocycles. The summed E-state index contributed by atoms with van der Waals surface area (Å²) in [6, 6.07) is 19.7. The van der Waals surface area contributed by atoms with Crippen LogP contribution in [0.3, 0.4) is 0 Å². The maximum absolute atomic E-state index is 12.9. The molecule has 2 N–H and O–H groups in total. The smallest absolute Gasteiger partial charge is 0.241 e. The first-order chi connectivity index (χ1) is 15.9. The molecule has 1 fully saturated rings. The number of amides is 2. The van der Waals surface area contributed by atoms with Gasteiger partial charge in [-0.2, -0.15) is 0 Å². The zero-order valence-corrected chi connectivity index (χ0v) is 19.6. The van der Waals surface area contributed by atoms with Crippen molar-refractivity contribution in [3.05, 3.63) is 71.8 Å². The van der Waals surface area contributed by atoms with Gasteiger partial charge < -0.3 is 10.6 Å². The molecule has 33 heavy (non-hydrogen) atoms. The number of anilines is 2. The molecule has 0 bridgehead atoms. The Kier molecular flexibility index (Phi) is 7.06. The number of fused-ring (bicyclic) bond motifs is 1. The van der Waals surface area contributed by atoms with Crippen molar-refractivity contribution < 1.29 is 9.59 Å². The van der Waals surface area contributed by atoms with Gasteiger partial charge in [0.1, 0.15) is 0 Å². The first-order valence-electron chi connectivity index (χ1n) is 11.5. The van der Waals surface area contributed by atoms with E-state index in [4.69, 9.17) is 0 Å². The van der Waals surface area contributed by atoms with Gasteiger partial charge in [-0.1, -0.05) is 48.5 Å². The average Bonchev–Trinajstić information content (AvgIpc) is 2.82. The van der Waals surface area contributed by atoms with Gasteiger partial charge in [-0.3, -0.25) is 19.4 Å². The molecule has 0 saturated carbocycles. The quantitative estimate of drug-likeness (QED) is 0.602. The van der Waals surface area contributed by atoms with E-state index in [0.29, 0.717) is 6.54 Å². The van der Waals surface area contributed by atoms with Crippen molar-refractivity contribution >= 4 is 34.0 Å². The predicted octanol–water partition coefficient (Wildman–Crippen LogP) is 4.04. The number of aryl methyl sites for hydroxylation is 1. The number of benzene rings is 3. The van der Waals surface area contributed by atoms with E-state index < -0.39 is 0 Å². The molecule has 6 heteroatoms. The van der Waals surface area contributed by atoms with Gasteiger partial charge in [0.2, 0.25) is 11.8 Å². The third kappa shape index (κ3) is 5.41. The van der Waals surface area contributed by atoms with Crippen molar-refractivity contribution in [2.75, 3.05) is 43.4 Å². The zero-order valence-electron chi connectivity index (χ0n) is 19.6. The second-order valence-electron chi connectivity index (χ2n) is 8.80. The van der Waals surface area contributed by atoms with Gasteiger partial charge in [-0.05, 0) is 49.4 Å². The molecule has 0 radical (unpaired) electrons. The molecular formula is C27H32N4O2. The van der Waals surface area contributed by atoms with Crippen molar-refractivity contribution in [2.45, 2.75) is 26.8 Å². The van der Waals surface area contributed by atoms with E-state index in [0.717, 1.165) is 59.5 Å². The second kappa shape index (κ2) is 10.1. The summed E-state index contributed by atoms with van der Waals surface area (Å²) in [5, 5.41) is 8.29. The summed E-state index contributed by atoms with van der Waals surface area (Å²) in [4.78, 5) is 29.8. The van der Waals surface area contributed by atoms with E-state index >= 15 is 0 Å². The third-order valence-electron chi connectivity index (χ3n) is 6.63. The van der Waals surface area contributed by atoms with E-state index in [-0.39, 0.29) is 17.9 Å². The van der Waals surface area contributed by atoms with Gasteiger partial charge in [0.25, 0.3) is 0 Å². The molecule has 0 aromatic heterocycles. The van der Waals surface area contributed by atoms with Gasteiger partial charge in [0.05, 0.1) is 12.6 Å². The Balaban J connectivity index is 1.28. The normalized spacial score (nSPS) is 15.8. The van der Waals surface area contributed by atoms with Crippen molar-refractivity contribution in [2.24, 2.45) is 0 Å². The highest BCUT2D eigenvalue weighted by atomic mass is 16.2. The van der Waals surface area contributed by atoms with Gasteiger partial charge >= 0.3 is 0 Å². The van der Waals surface area contributed by atoms with Crippen molar-refractivity contribution in [3.8, 4) is 0 Å². The zero-order chi connectivity index (χ0) is 23.4. The standard InChI is InChI=1S/C27H32N4O2/c1-19-8-6-12-24(20(19)2)28-26(32)18-30-14-16-31(17-15-30)21(3)27(33)29-25-13-7-10-22-9-4-5-11-23(22)25/h4-13,21H,14-18H2,1-3H3,(H,28,32)(H,29,33).